The molecule has 0 spiro atoms. The number of amides is 1. The first-order valence-corrected chi connectivity index (χ1v) is 8.18. The highest BCUT2D eigenvalue weighted by Crippen LogP contribution is 2.27. The Kier molecular flexibility index (Phi) is 5.58. The van der Waals surface area contributed by atoms with Crippen molar-refractivity contribution in [1.29, 1.82) is 0 Å². The van der Waals surface area contributed by atoms with Crippen LogP contribution in [0, 0.1) is 5.82 Å². The van der Waals surface area contributed by atoms with Gasteiger partial charge in [-0.05, 0) is 18.6 Å². The number of carbonyl (C=O) groups excluding carboxylic acids is 1. The average Bonchev–Trinajstić information content (AvgIpc) is 2.27. The Morgan fingerprint density at radius 2 is 2.05 bits per heavy atom. The molecule has 0 fully saturated rings. The molecule has 0 aromatic heterocycles. The standard InChI is InChI=1S/C11H12Cl2FNO3S/c1-2-3-4-15-11(16)7-5-10(19(13,17)18)8(12)6-9(7)14/h5-6H,2-4H2,1H3,(H,15,16). The Morgan fingerprint density at radius 3 is 2.58 bits per heavy atom. The van der Waals surface area contributed by atoms with E-state index in [0.29, 0.717) is 6.54 Å². The molecule has 106 valence electrons. The lowest BCUT2D eigenvalue weighted by molar-refractivity contribution is 0.0949. The molecule has 1 N–H and O–H groups in total. The smallest absolute Gasteiger partial charge is 0.262 e. The highest BCUT2D eigenvalue weighted by atomic mass is 35.7. The number of hydrogen-bond acceptors (Lipinski definition) is 3. The second-order valence-corrected chi connectivity index (χ2v) is 6.75. The fraction of sp³-hybridized carbons (Fsp3) is 0.364. The third-order valence-corrected chi connectivity index (χ3v) is 4.13. The van der Waals surface area contributed by atoms with Gasteiger partial charge in [-0.25, -0.2) is 12.8 Å². The molecule has 0 aliphatic heterocycles. The van der Waals surface area contributed by atoms with E-state index in [4.69, 9.17) is 22.3 Å². The number of rotatable bonds is 5. The molecule has 1 aromatic carbocycles. The van der Waals surface area contributed by atoms with Gasteiger partial charge in [0.15, 0.2) is 0 Å². The van der Waals surface area contributed by atoms with Crippen LogP contribution < -0.4 is 5.32 Å². The Labute approximate surface area is 120 Å². The van der Waals surface area contributed by atoms with E-state index >= 15 is 0 Å². The predicted molar refractivity (Wildman–Crippen MR) is 71.7 cm³/mol. The first kappa shape index (κ1) is 16.2. The van der Waals surface area contributed by atoms with Crippen LogP contribution in [-0.2, 0) is 9.05 Å². The highest BCUT2D eigenvalue weighted by molar-refractivity contribution is 8.13. The zero-order valence-electron chi connectivity index (χ0n) is 10.0. The summed E-state index contributed by atoms with van der Waals surface area (Å²) in [4.78, 5) is 11.2. The maximum Gasteiger partial charge on any atom is 0.262 e. The normalized spacial score (nSPS) is 11.4. The number of halogens is 3. The molecule has 0 saturated carbocycles. The van der Waals surface area contributed by atoms with Gasteiger partial charge in [-0.2, -0.15) is 0 Å². The summed E-state index contributed by atoms with van der Waals surface area (Å²) in [6.07, 6.45) is 1.60. The van der Waals surface area contributed by atoms with Crippen molar-refractivity contribution in [2.24, 2.45) is 0 Å². The number of unbranched alkanes of at least 4 members (excludes halogenated alkanes) is 1. The Hall–Kier alpha value is -0.850. The van der Waals surface area contributed by atoms with E-state index < -0.39 is 31.2 Å². The molecule has 0 saturated heterocycles. The summed E-state index contributed by atoms with van der Waals surface area (Å²) in [5, 5.41) is 2.12. The molecule has 4 nitrogen and oxygen atoms in total. The maximum absolute atomic E-state index is 13.6. The van der Waals surface area contributed by atoms with Crippen molar-refractivity contribution in [3.63, 3.8) is 0 Å². The molecule has 8 heteroatoms. The first-order valence-electron chi connectivity index (χ1n) is 5.49. The van der Waals surface area contributed by atoms with E-state index in [2.05, 4.69) is 5.32 Å². The zero-order valence-corrected chi connectivity index (χ0v) is 12.4. The van der Waals surface area contributed by atoms with Gasteiger partial charge in [0, 0.05) is 17.2 Å². The van der Waals surface area contributed by atoms with Crippen LogP contribution in [0.1, 0.15) is 30.1 Å². The summed E-state index contributed by atoms with van der Waals surface area (Å²) in [5.74, 6) is -1.60. The van der Waals surface area contributed by atoms with Gasteiger partial charge in [0.2, 0.25) is 0 Å². The van der Waals surface area contributed by atoms with E-state index in [1.165, 1.54) is 0 Å². The van der Waals surface area contributed by atoms with Crippen molar-refractivity contribution in [1.82, 2.24) is 5.32 Å². The largest absolute Gasteiger partial charge is 0.352 e. The van der Waals surface area contributed by atoms with E-state index in [0.717, 1.165) is 25.0 Å². The minimum Gasteiger partial charge on any atom is -0.352 e. The van der Waals surface area contributed by atoms with Gasteiger partial charge in [0.25, 0.3) is 15.0 Å². The first-order chi connectivity index (χ1) is 8.77. The number of benzene rings is 1. The molecule has 0 bridgehead atoms. The molecule has 0 aliphatic rings. The minimum atomic E-state index is -4.14. The van der Waals surface area contributed by atoms with Crippen molar-refractivity contribution >= 4 is 37.2 Å². The van der Waals surface area contributed by atoms with Gasteiger partial charge >= 0.3 is 0 Å². The zero-order chi connectivity index (χ0) is 14.6. The topological polar surface area (TPSA) is 63.2 Å². The van der Waals surface area contributed by atoms with Gasteiger partial charge in [-0.3, -0.25) is 4.79 Å². The lowest BCUT2D eigenvalue weighted by Crippen LogP contribution is -2.25. The predicted octanol–water partition coefficient (Wildman–Crippen LogP) is 2.94. The van der Waals surface area contributed by atoms with Crippen molar-refractivity contribution < 1.29 is 17.6 Å². The Bertz CT molecular complexity index is 590. The van der Waals surface area contributed by atoms with Crippen LogP contribution in [0.3, 0.4) is 0 Å². The van der Waals surface area contributed by atoms with E-state index in [1.54, 1.807) is 0 Å². The Balaban J connectivity index is 3.11. The molecule has 0 unspecified atom stereocenters. The molecule has 1 aromatic rings. The quantitative estimate of drug-likeness (QED) is 0.668. The number of carbonyl (C=O) groups is 1. The average molecular weight is 328 g/mol. The summed E-state index contributed by atoms with van der Waals surface area (Å²) >= 11 is 5.58. The van der Waals surface area contributed by atoms with Crippen LogP contribution in [0.25, 0.3) is 0 Å². The van der Waals surface area contributed by atoms with Crippen LogP contribution in [0.4, 0.5) is 4.39 Å². The van der Waals surface area contributed by atoms with Crippen LogP contribution in [0.5, 0.6) is 0 Å². The highest BCUT2D eigenvalue weighted by Gasteiger charge is 2.21. The van der Waals surface area contributed by atoms with Crippen molar-refractivity contribution in [2.75, 3.05) is 6.54 Å². The third kappa shape index (κ3) is 4.33. The van der Waals surface area contributed by atoms with Crippen molar-refractivity contribution in [3.05, 3.63) is 28.5 Å². The third-order valence-electron chi connectivity index (χ3n) is 2.34. The SMILES string of the molecule is CCCCNC(=O)c1cc(S(=O)(=O)Cl)c(Cl)cc1F. The number of nitrogens with one attached hydrogen (secondary N) is 1. The summed E-state index contributed by atoms with van der Waals surface area (Å²) in [5.41, 5.74) is -0.403. The van der Waals surface area contributed by atoms with Gasteiger partial charge in [-0.15, -0.1) is 0 Å². The monoisotopic (exact) mass is 327 g/mol. The van der Waals surface area contributed by atoms with Gasteiger partial charge < -0.3 is 5.32 Å². The van der Waals surface area contributed by atoms with Crippen molar-refractivity contribution in [3.8, 4) is 0 Å². The van der Waals surface area contributed by atoms with E-state index in [1.807, 2.05) is 6.92 Å². The second-order valence-electron chi connectivity index (χ2n) is 3.81. The van der Waals surface area contributed by atoms with Crippen LogP contribution in [0.2, 0.25) is 5.02 Å². The summed E-state index contributed by atoms with van der Waals surface area (Å²) in [6.45, 7) is 2.31. The molecular weight excluding hydrogens is 316 g/mol. The lowest BCUT2D eigenvalue weighted by Gasteiger charge is -2.08. The molecule has 1 rings (SSSR count). The fourth-order valence-corrected chi connectivity index (χ4v) is 2.87. The number of hydrogen-bond donors (Lipinski definition) is 1. The molecule has 19 heavy (non-hydrogen) atoms. The van der Waals surface area contributed by atoms with Crippen molar-refractivity contribution in [2.45, 2.75) is 24.7 Å². The minimum absolute atomic E-state index is 0.363. The molecule has 0 aliphatic carbocycles. The van der Waals surface area contributed by atoms with Gasteiger partial charge in [0.05, 0.1) is 10.6 Å². The lowest BCUT2D eigenvalue weighted by atomic mass is 10.2. The van der Waals surface area contributed by atoms with Crippen LogP contribution in [0.15, 0.2) is 17.0 Å². The van der Waals surface area contributed by atoms with Crippen LogP contribution >= 0.6 is 22.3 Å². The summed E-state index contributed by atoms with van der Waals surface area (Å²) in [6, 6.07) is 1.59. The van der Waals surface area contributed by atoms with Gasteiger partial charge in [-0.1, -0.05) is 24.9 Å². The summed E-state index contributed by atoms with van der Waals surface area (Å²) in [7, 11) is 1.02. The molecule has 0 radical (unpaired) electrons. The Morgan fingerprint density at radius 1 is 1.42 bits per heavy atom. The molecule has 0 heterocycles. The maximum atomic E-state index is 13.6. The van der Waals surface area contributed by atoms with Crippen LogP contribution in [-0.4, -0.2) is 20.9 Å². The van der Waals surface area contributed by atoms with Gasteiger partial charge in [0.1, 0.15) is 10.7 Å². The van der Waals surface area contributed by atoms with E-state index in [9.17, 15) is 17.6 Å². The van der Waals surface area contributed by atoms with E-state index in [-0.39, 0.29) is 5.02 Å². The fourth-order valence-electron chi connectivity index (χ4n) is 1.36. The molecule has 1 amide bonds. The molecule has 0 atom stereocenters. The molecular formula is C11H12Cl2FNO3S. The summed E-state index contributed by atoms with van der Waals surface area (Å²) < 4.78 is 36.0. The second kappa shape index (κ2) is 6.54.